The molecule has 0 aromatic carbocycles. The van der Waals surface area contributed by atoms with E-state index < -0.39 is 8.32 Å². The molecule has 0 aliphatic carbocycles. The molecule has 0 amide bonds. The maximum Gasteiger partial charge on any atom is 0.192 e. The van der Waals surface area contributed by atoms with Crippen LogP contribution in [0.4, 0.5) is 0 Å². The van der Waals surface area contributed by atoms with Crippen LogP contribution in [0.2, 0.25) is 18.1 Å². The summed E-state index contributed by atoms with van der Waals surface area (Å²) in [5.74, 6) is 0. The quantitative estimate of drug-likeness (QED) is 0.0412. The van der Waals surface area contributed by atoms with Gasteiger partial charge in [0, 0.05) is 6.10 Å². The Morgan fingerprint density at radius 2 is 0.880 bits per heavy atom. The van der Waals surface area contributed by atoms with E-state index in [1.165, 1.54) is 128 Å². The SMILES string of the molecule is CCCCC/C=C\C/C=C\CCCCCCCCC(O)CC(CCCCCCC/C=C\C/C=C\CCCCC)O[Si](C)(C)C(C)(C)C.[SiH3]O[SiH3]. The average molecular weight is 751 g/mol. The van der Waals surface area contributed by atoms with Gasteiger partial charge in [-0.1, -0.05) is 167 Å². The Morgan fingerprint density at radius 1 is 0.540 bits per heavy atom. The summed E-state index contributed by atoms with van der Waals surface area (Å²) in [5.41, 5.74) is 0. The Labute approximate surface area is 322 Å². The molecule has 296 valence electrons. The third kappa shape index (κ3) is 37.3. The Bertz CT molecular complexity index is 801. The third-order valence-corrected chi connectivity index (χ3v) is 14.6. The van der Waals surface area contributed by atoms with Gasteiger partial charge in [-0.3, -0.25) is 0 Å². The Hall–Kier alpha value is -0.509. The minimum absolute atomic E-state index is 0.202. The van der Waals surface area contributed by atoms with E-state index in [1.54, 1.807) is 0 Å². The van der Waals surface area contributed by atoms with E-state index in [0.29, 0.717) is 0 Å². The highest BCUT2D eigenvalue weighted by Crippen LogP contribution is 2.38. The predicted octanol–water partition coefficient (Wildman–Crippen LogP) is 12.7. The van der Waals surface area contributed by atoms with Crippen LogP contribution in [-0.2, 0) is 8.54 Å². The minimum atomic E-state index is -1.85. The number of aliphatic hydroxyl groups is 1. The molecular formula is C44H90O3Si3. The molecule has 0 bridgehead atoms. The van der Waals surface area contributed by atoms with Crippen molar-refractivity contribution in [3.8, 4) is 0 Å². The van der Waals surface area contributed by atoms with Crippen LogP contribution < -0.4 is 0 Å². The third-order valence-electron chi connectivity index (χ3n) is 10.0. The lowest BCUT2D eigenvalue weighted by atomic mass is 10.00. The molecule has 6 heteroatoms. The first-order valence-corrected chi connectivity index (χ1v) is 26.0. The molecule has 0 saturated carbocycles. The Kier molecular flexibility index (Phi) is 39.4. The number of allylic oxidation sites excluding steroid dienone is 8. The van der Waals surface area contributed by atoms with Crippen molar-refractivity contribution >= 4 is 29.3 Å². The molecule has 0 aliphatic rings. The molecule has 1 N–H and O–H groups in total. The largest absolute Gasteiger partial charge is 0.471 e. The molecule has 0 radical (unpaired) electrons. The lowest BCUT2D eigenvalue weighted by Gasteiger charge is -2.40. The van der Waals surface area contributed by atoms with Crippen LogP contribution in [-0.4, -0.2) is 46.6 Å². The van der Waals surface area contributed by atoms with Gasteiger partial charge in [-0.15, -0.1) is 0 Å². The summed E-state index contributed by atoms with van der Waals surface area (Å²) in [6.45, 7) is 16.2. The van der Waals surface area contributed by atoms with Crippen molar-refractivity contribution in [2.45, 2.75) is 232 Å². The summed E-state index contributed by atoms with van der Waals surface area (Å²) in [7, 11) is 0.00929. The first-order chi connectivity index (χ1) is 24.1. The van der Waals surface area contributed by atoms with Crippen molar-refractivity contribution in [1.29, 1.82) is 0 Å². The second kappa shape index (κ2) is 38.2. The fourth-order valence-electron chi connectivity index (χ4n) is 5.79. The van der Waals surface area contributed by atoms with Gasteiger partial charge in [0.1, 0.15) is 21.0 Å². The van der Waals surface area contributed by atoms with E-state index >= 15 is 0 Å². The van der Waals surface area contributed by atoms with Crippen LogP contribution in [0.3, 0.4) is 0 Å². The topological polar surface area (TPSA) is 38.7 Å². The molecule has 0 heterocycles. The monoisotopic (exact) mass is 751 g/mol. The molecule has 0 aliphatic heterocycles. The fourth-order valence-corrected chi connectivity index (χ4v) is 7.19. The van der Waals surface area contributed by atoms with Crippen LogP contribution in [0.1, 0.15) is 202 Å². The van der Waals surface area contributed by atoms with E-state index in [2.05, 4.69) is 100 Å². The van der Waals surface area contributed by atoms with Crippen molar-refractivity contribution in [1.82, 2.24) is 0 Å². The van der Waals surface area contributed by atoms with Gasteiger partial charge in [-0.25, -0.2) is 0 Å². The van der Waals surface area contributed by atoms with Gasteiger partial charge >= 0.3 is 0 Å². The summed E-state index contributed by atoms with van der Waals surface area (Å²) in [6.07, 6.45) is 50.7. The summed E-state index contributed by atoms with van der Waals surface area (Å²) in [5, 5.41) is 11.2. The van der Waals surface area contributed by atoms with Gasteiger partial charge in [0.05, 0.1) is 6.10 Å². The average Bonchev–Trinajstić information content (AvgIpc) is 3.06. The molecular weight excluding hydrogens is 661 g/mol. The molecule has 50 heavy (non-hydrogen) atoms. The maximum atomic E-state index is 11.0. The predicted molar refractivity (Wildman–Crippen MR) is 237 cm³/mol. The smallest absolute Gasteiger partial charge is 0.192 e. The van der Waals surface area contributed by atoms with Crippen LogP contribution in [0.5, 0.6) is 0 Å². The first kappa shape index (κ1) is 51.6. The van der Waals surface area contributed by atoms with E-state index in [0.717, 1.165) is 59.5 Å². The minimum Gasteiger partial charge on any atom is -0.471 e. The highest BCUT2D eigenvalue weighted by atomic mass is 28.4. The van der Waals surface area contributed by atoms with Crippen molar-refractivity contribution in [3.05, 3.63) is 48.6 Å². The lowest BCUT2D eigenvalue weighted by molar-refractivity contribution is 0.0736. The molecule has 0 aromatic rings. The van der Waals surface area contributed by atoms with Crippen molar-refractivity contribution in [3.63, 3.8) is 0 Å². The zero-order valence-corrected chi connectivity index (χ0v) is 40.4. The van der Waals surface area contributed by atoms with Crippen LogP contribution in [0, 0.1) is 0 Å². The molecule has 0 spiro atoms. The van der Waals surface area contributed by atoms with Gasteiger partial charge in [0.2, 0.25) is 0 Å². The van der Waals surface area contributed by atoms with E-state index in [-0.39, 0.29) is 17.2 Å². The van der Waals surface area contributed by atoms with E-state index in [1.807, 2.05) is 0 Å². The summed E-state index contributed by atoms with van der Waals surface area (Å²) >= 11 is 0. The fraction of sp³-hybridized carbons (Fsp3) is 0.818. The van der Waals surface area contributed by atoms with Gasteiger partial charge in [-0.2, -0.15) is 0 Å². The standard InChI is InChI=1S/C44H84O2Si.H6OSi2/c1-8-10-12-14-16-18-20-22-24-26-27-29-31-33-35-37-39-42(45)41-43(46-47(6,7)44(3,4)5)40-38-36-34-32-30-28-25-23-21-19-17-15-13-11-9-2;2-1-3/h16-19,22-25,42-43,45H,8-15,20-21,26-41H2,1-7H3;2-3H3/b18-16-,19-17-,24-22-,25-23-;. The molecule has 0 fully saturated rings. The second-order valence-electron chi connectivity index (χ2n) is 16.2. The lowest BCUT2D eigenvalue weighted by Crippen LogP contribution is -2.44. The normalized spacial score (nSPS) is 14.1. The van der Waals surface area contributed by atoms with E-state index in [4.69, 9.17) is 4.43 Å². The van der Waals surface area contributed by atoms with E-state index in [9.17, 15) is 5.11 Å². The first-order valence-electron chi connectivity index (χ1n) is 21.4. The van der Waals surface area contributed by atoms with Crippen LogP contribution in [0.15, 0.2) is 48.6 Å². The summed E-state index contributed by atoms with van der Waals surface area (Å²) in [6, 6.07) is 0. The van der Waals surface area contributed by atoms with Gasteiger partial charge in [-0.05, 0) is 102 Å². The van der Waals surface area contributed by atoms with Crippen LogP contribution >= 0.6 is 0 Å². The molecule has 2 atom stereocenters. The molecule has 0 saturated heterocycles. The number of unbranched alkanes of at least 4 members (excludes halogenated alkanes) is 17. The second-order valence-corrected chi connectivity index (χ2v) is 24.2. The highest BCUT2D eigenvalue weighted by molar-refractivity contribution is 6.74. The molecule has 0 aromatic heterocycles. The van der Waals surface area contributed by atoms with Crippen molar-refractivity contribution in [2.75, 3.05) is 0 Å². The van der Waals surface area contributed by atoms with Gasteiger partial charge in [0.15, 0.2) is 8.32 Å². The molecule has 0 rings (SSSR count). The number of rotatable bonds is 33. The zero-order chi connectivity index (χ0) is 37.6. The van der Waals surface area contributed by atoms with Gasteiger partial charge < -0.3 is 13.6 Å². The Morgan fingerprint density at radius 3 is 1.26 bits per heavy atom. The van der Waals surface area contributed by atoms with Crippen LogP contribution in [0.25, 0.3) is 0 Å². The Balaban J connectivity index is 0. The zero-order valence-electron chi connectivity index (χ0n) is 35.4. The molecule has 2 unspecified atom stereocenters. The van der Waals surface area contributed by atoms with Gasteiger partial charge in [0.25, 0.3) is 0 Å². The maximum absolute atomic E-state index is 11.0. The number of hydrogen-bond donors (Lipinski definition) is 1. The highest BCUT2D eigenvalue weighted by Gasteiger charge is 2.39. The molecule has 3 nitrogen and oxygen atoms in total. The summed E-state index contributed by atoms with van der Waals surface area (Å²) in [4.78, 5) is 0. The summed E-state index contributed by atoms with van der Waals surface area (Å²) < 4.78 is 11.4. The van der Waals surface area contributed by atoms with Crippen molar-refractivity contribution < 1.29 is 13.6 Å². The number of hydrogen-bond acceptors (Lipinski definition) is 3. The van der Waals surface area contributed by atoms with Crippen molar-refractivity contribution in [2.24, 2.45) is 0 Å². The number of aliphatic hydroxyl groups excluding tert-OH is 1.